The minimum Gasteiger partial charge on any atom is -0.507 e. The quantitative estimate of drug-likeness (QED) is 0.356. The first kappa shape index (κ1) is 22.4. The molecule has 1 aliphatic rings. The maximum Gasteiger partial charge on any atom is 0.295 e. The Labute approximate surface area is 191 Å². The van der Waals surface area contributed by atoms with E-state index in [1.54, 1.807) is 23.7 Å². The van der Waals surface area contributed by atoms with Crippen molar-refractivity contribution >= 4 is 17.4 Å². The molecule has 2 heterocycles. The Kier molecular flexibility index (Phi) is 6.11. The predicted molar refractivity (Wildman–Crippen MR) is 122 cm³/mol. The van der Waals surface area contributed by atoms with Gasteiger partial charge < -0.3 is 14.9 Å². The zero-order valence-corrected chi connectivity index (χ0v) is 18.7. The molecule has 170 valence electrons. The van der Waals surface area contributed by atoms with E-state index in [1.807, 2.05) is 49.3 Å². The maximum atomic E-state index is 14.8. The first-order valence-corrected chi connectivity index (χ1v) is 10.6. The van der Waals surface area contributed by atoms with Crippen molar-refractivity contribution in [2.75, 3.05) is 27.2 Å². The van der Waals surface area contributed by atoms with E-state index >= 15 is 0 Å². The highest BCUT2D eigenvalue weighted by Crippen LogP contribution is 2.40. The number of aliphatic hydroxyl groups excluding tert-OH is 1. The number of amides is 1. The number of halogens is 1. The molecule has 2 aromatic carbocycles. The van der Waals surface area contributed by atoms with Crippen molar-refractivity contribution < 1.29 is 19.1 Å². The fourth-order valence-corrected chi connectivity index (χ4v) is 4.06. The van der Waals surface area contributed by atoms with Crippen LogP contribution in [0.25, 0.3) is 11.4 Å². The van der Waals surface area contributed by atoms with Crippen molar-refractivity contribution in [2.24, 2.45) is 0 Å². The van der Waals surface area contributed by atoms with Crippen molar-refractivity contribution in [3.05, 3.63) is 89.0 Å². The second-order valence-corrected chi connectivity index (χ2v) is 8.21. The molecule has 1 N–H and O–H groups in total. The van der Waals surface area contributed by atoms with Crippen LogP contribution in [0.3, 0.4) is 0 Å². The van der Waals surface area contributed by atoms with Gasteiger partial charge in [-0.05, 0) is 39.2 Å². The Hall–Kier alpha value is -3.78. The van der Waals surface area contributed by atoms with E-state index in [0.29, 0.717) is 17.8 Å². The van der Waals surface area contributed by atoms with E-state index in [1.165, 1.54) is 23.2 Å². The van der Waals surface area contributed by atoms with Gasteiger partial charge >= 0.3 is 0 Å². The molecule has 1 amide bonds. The molecule has 0 spiro atoms. The first-order valence-electron chi connectivity index (χ1n) is 10.6. The summed E-state index contributed by atoms with van der Waals surface area (Å²) in [7, 11) is 3.69. The number of likely N-dealkylation sites (N-methyl/N-ethyl adjacent to an activating group) is 1. The summed E-state index contributed by atoms with van der Waals surface area (Å²) in [6, 6.07) is 14.3. The Morgan fingerprint density at radius 1 is 1.09 bits per heavy atom. The normalized spacial score (nSPS) is 17.8. The van der Waals surface area contributed by atoms with E-state index in [4.69, 9.17) is 0 Å². The smallest absolute Gasteiger partial charge is 0.295 e. The van der Waals surface area contributed by atoms with E-state index in [-0.39, 0.29) is 23.4 Å². The SMILES string of the molecule is Cc1c(/C(O)=C2\C(=O)C(=O)N(CCN(C)C)[C@H]2c2ccccc2F)cnn1-c1ccccc1. The summed E-state index contributed by atoms with van der Waals surface area (Å²) in [6.07, 6.45) is 1.45. The topological polar surface area (TPSA) is 78.7 Å². The lowest BCUT2D eigenvalue weighted by molar-refractivity contribution is -0.140. The molecule has 1 atom stereocenters. The second kappa shape index (κ2) is 8.99. The van der Waals surface area contributed by atoms with Gasteiger partial charge in [-0.2, -0.15) is 5.10 Å². The van der Waals surface area contributed by atoms with Crippen molar-refractivity contribution in [1.82, 2.24) is 19.6 Å². The number of carbonyl (C=O) groups is 2. The molecule has 0 bridgehead atoms. The number of Topliss-reactive ketones (excluding diaryl/α,β-unsaturated/α-hetero) is 1. The third kappa shape index (κ3) is 4.05. The number of aromatic nitrogens is 2. The van der Waals surface area contributed by atoms with Gasteiger partial charge in [-0.1, -0.05) is 36.4 Å². The number of hydrogen-bond acceptors (Lipinski definition) is 5. The monoisotopic (exact) mass is 448 g/mol. The van der Waals surface area contributed by atoms with Crippen LogP contribution < -0.4 is 0 Å². The molecule has 0 saturated carbocycles. The number of carbonyl (C=O) groups excluding carboxylic acids is 2. The van der Waals surface area contributed by atoms with Crippen molar-refractivity contribution in [2.45, 2.75) is 13.0 Å². The van der Waals surface area contributed by atoms with Gasteiger partial charge in [0.2, 0.25) is 0 Å². The van der Waals surface area contributed by atoms with Crippen LogP contribution in [-0.2, 0) is 9.59 Å². The van der Waals surface area contributed by atoms with Crippen molar-refractivity contribution in [1.29, 1.82) is 0 Å². The largest absolute Gasteiger partial charge is 0.507 e. The Balaban J connectivity index is 1.86. The minimum atomic E-state index is -1.04. The van der Waals surface area contributed by atoms with Gasteiger partial charge in [0.15, 0.2) is 0 Å². The fraction of sp³-hybridized carbons (Fsp3) is 0.240. The van der Waals surface area contributed by atoms with Crippen molar-refractivity contribution in [3.8, 4) is 5.69 Å². The molecule has 1 aliphatic heterocycles. The fourth-order valence-electron chi connectivity index (χ4n) is 4.06. The highest BCUT2D eigenvalue weighted by Gasteiger charge is 2.47. The number of para-hydroxylation sites is 1. The minimum absolute atomic E-state index is 0.139. The summed E-state index contributed by atoms with van der Waals surface area (Å²) < 4.78 is 16.5. The number of nitrogens with zero attached hydrogens (tertiary/aromatic N) is 4. The maximum absolute atomic E-state index is 14.8. The molecular weight excluding hydrogens is 423 g/mol. The van der Waals surface area contributed by atoms with Crippen molar-refractivity contribution in [3.63, 3.8) is 0 Å². The molecule has 0 radical (unpaired) electrons. The lowest BCUT2D eigenvalue weighted by atomic mass is 9.95. The lowest BCUT2D eigenvalue weighted by Gasteiger charge is -2.26. The zero-order valence-electron chi connectivity index (χ0n) is 18.7. The van der Waals surface area contributed by atoms with Crippen LogP contribution in [-0.4, -0.2) is 63.6 Å². The van der Waals surface area contributed by atoms with Crippen LogP contribution in [0.1, 0.15) is 22.9 Å². The van der Waals surface area contributed by atoms with Gasteiger partial charge in [0.05, 0.1) is 34.8 Å². The van der Waals surface area contributed by atoms with Crippen LogP contribution in [0.4, 0.5) is 4.39 Å². The van der Waals surface area contributed by atoms with Gasteiger partial charge in [-0.3, -0.25) is 9.59 Å². The predicted octanol–water partition coefficient (Wildman–Crippen LogP) is 3.30. The Morgan fingerprint density at radius 3 is 2.42 bits per heavy atom. The van der Waals surface area contributed by atoms with Gasteiger partial charge in [0, 0.05) is 18.7 Å². The molecule has 33 heavy (non-hydrogen) atoms. The van der Waals surface area contributed by atoms with Gasteiger partial charge in [0.25, 0.3) is 11.7 Å². The molecule has 1 aromatic heterocycles. The third-order valence-electron chi connectivity index (χ3n) is 5.79. The van der Waals surface area contributed by atoms with E-state index < -0.39 is 23.5 Å². The number of likely N-dealkylation sites (tertiary alicyclic amines) is 1. The molecule has 4 rings (SSSR count). The summed E-state index contributed by atoms with van der Waals surface area (Å²) in [6.45, 7) is 2.44. The summed E-state index contributed by atoms with van der Waals surface area (Å²) in [5.74, 6) is -2.53. The number of rotatable bonds is 6. The number of benzene rings is 2. The second-order valence-electron chi connectivity index (χ2n) is 8.21. The molecule has 7 nitrogen and oxygen atoms in total. The lowest BCUT2D eigenvalue weighted by Crippen LogP contribution is -2.35. The highest BCUT2D eigenvalue weighted by molar-refractivity contribution is 6.46. The molecule has 8 heteroatoms. The number of hydrogen-bond donors (Lipinski definition) is 1. The van der Waals surface area contributed by atoms with E-state index in [2.05, 4.69) is 5.10 Å². The van der Waals surface area contributed by atoms with Gasteiger partial charge in [0.1, 0.15) is 11.6 Å². The highest BCUT2D eigenvalue weighted by atomic mass is 19.1. The van der Waals surface area contributed by atoms with Gasteiger partial charge in [-0.25, -0.2) is 9.07 Å². The van der Waals surface area contributed by atoms with Crippen LogP contribution in [0.5, 0.6) is 0 Å². The summed E-state index contributed by atoms with van der Waals surface area (Å²) >= 11 is 0. The molecule has 1 saturated heterocycles. The summed E-state index contributed by atoms with van der Waals surface area (Å²) in [5.41, 5.74) is 1.70. The molecule has 3 aromatic rings. The van der Waals surface area contributed by atoms with Crippen LogP contribution in [0.2, 0.25) is 0 Å². The standard InChI is InChI=1S/C25H25FN4O3/c1-16-19(15-27-30(16)17-9-5-4-6-10-17)23(31)21-22(18-11-7-8-12-20(18)26)29(14-13-28(2)3)25(33)24(21)32/h4-12,15,22,31H,13-14H2,1-3H3/b23-21+/t22-/m0/s1. The molecule has 0 unspecified atom stereocenters. The molecular formula is C25H25FN4O3. The van der Waals surface area contributed by atoms with Gasteiger partial charge in [-0.15, -0.1) is 0 Å². The average Bonchev–Trinajstić information content (AvgIpc) is 3.30. The number of aliphatic hydroxyl groups is 1. The Morgan fingerprint density at radius 2 is 1.76 bits per heavy atom. The van der Waals surface area contributed by atoms with Crippen LogP contribution in [0, 0.1) is 12.7 Å². The number of ketones is 1. The van der Waals surface area contributed by atoms with Crippen LogP contribution >= 0.6 is 0 Å². The molecule has 1 fully saturated rings. The average molecular weight is 448 g/mol. The zero-order chi connectivity index (χ0) is 23.7. The molecule has 0 aliphatic carbocycles. The van der Waals surface area contributed by atoms with Crippen LogP contribution in [0.15, 0.2) is 66.4 Å². The summed E-state index contributed by atoms with van der Waals surface area (Å²) in [4.78, 5) is 29.2. The third-order valence-corrected chi connectivity index (χ3v) is 5.79. The summed E-state index contributed by atoms with van der Waals surface area (Å²) in [5, 5.41) is 15.6. The first-order chi connectivity index (χ1) is 15.8. The van der Waals surface area contributed by atoms with E-state index in [9.17, 15) is 19.1 Å². The Bertz CT molecular complexity index is 1230. The van der Waals surface area contributed by atoms with E-state index in [0.717, 1.165) is 5.69 Å².